The van der Waals surface area contributed by atoms with Gasteiger partial charge in [0.15, 0.2) is 0 Å². The Hall–Kier alpha value is -2.47. The first-order chi connectivity index (χ1) is 9.65. The fraction of sp³-hybridized carbons (Fsp3) is 0.0714. The topological polar surface area (TPSA) is 75.1 Å². The average molecular weight is 285 g/mol. The molecule has 2 aromatic heterocycles. The van der Waals surface area contributed by atoms with Crippen molar-refractivity contribution in [3.05, 3.63) is 47.1 Å². The van der Waals surface area contributed by atoms with Gasteiger partial charge < -0.3 is 10.4 Å². The van der Waals surface area contributed by atoms with E-state index in [4.69, 9.17) is 5.11 Å². The molecule has 6 heteroatoms. The number of carboxylic acids is 1. The Bertz CT molecular complexity index is 798. The molecule has 0 amide bonds. The van der Waals surface area contributed by atoms with Crippen LogP contribution in [0.15, 0.2) is 36.0 Å². The summed E-state index contributed by atoms with van der Waals surface area (Å²) in [6.07, 6.45) is 1.49. The van der Waals surface area contributed by atoms with Gasteiger partial charge in [-0.15, -0.1) is 11.3 Å². The highest BCUT2D eigenvalue weighted by Gasteiger charge is 2.09. The van der Waals surface area contributed by atoms with Gasteiger partial charge in [0.05, 0.1) is 10.9 Å². The molecule has 3 aromatic rings. The zero-order valence-corrected chi connectivity index (χ0v) is 11.4. The molecule has 0 aliphatic carbocycles. The first kappa shape index (κ1) is 12.6. The quantitative estimate of drug-likeness (QED) is 0.771. The minimum atomic E-state index is -0.936. The third-order valence-corrected chi connectivity index (χ3v) is 3.81. The summed E-state index contributed by atoms with van der Waals surface area (Å²) >= 11 is 1.54. The van der Waals surface area contributed by atoms with E-state index < -0.39 is 5.97 Å². The lowest BCUT2D eigenvalue weighted by atomic mass is 10.1. The fourth-order valence-corrected chi connectivity index (χ4v) is 2.69. The summed E-state index contributed by atoms with van der Waals surface area (Å²) in [5, 5.41) is 15.2. The van der Waals surface area contributed by atoms with Gasteiger partial charge in [-0.1, -0.05) is 6.07 Å². The Morgan fingerprint density at radius 3 is 2.95 bits per heavy atom. The van der Waals surface area contributed by atoms with Gasteiger partial charge in [0.2, 0.25) is 0 Å². The number of rotatable bonds is 3. The Labute approximate surface area is 118 Å². The number of thiophene rings is 1. The van der Waals surface area contributed by atoms with Crippen LogP contribution in [0, 0.1) is 6.92 Å². The molecule has 1 aromatic carbocycles. The minimum Gasteiger partial charge on any atom is -0.478 e. The third-order valence-electron chi connectivity index (χ3n) is 2.99. The summed E-state index contributed by atoms with van der Waals surface area (Å²) in [7, 11) is 0. The molecule has 100 valence electrons. The molecule has 0 aliphatic rings. The molecule has 5 nitrogen and oxygen atoms in total. The number of carboxylic acid groups (broad SMARTS) is 1. The summed E-state index contributed by atoms with van der Waals surface area (Å²) in [6.45, 7) is 1.77. The van der Waals surface area contributed by atoms with Gasteiger partial charge in [-0.05, 0) is 36.1 Å². The third kappa shape index (κ3) is 2.21. The van der Waals surface area contributed by atoms with Gasteiger partial charge in [0, 0.05) is 5.69 Å². The number of aryl methyl sites for hydroxylation is 1. The van der Waals surface area contributed by atoms with Crippen LogP contribution in [0.2, 0.25) is 0 Å². The predicted octanol–water partition coefficient (Wildman–Crippen LogP) is 3.44. The number of carbonyl (C=O) groups is 1. The zero-order chi connectivity index (χ0) is 14.1. The summed E-state index contributed by atoms with van der Waals surface area (Å²) in [4.78, 5) is 20.4. The number of hydrogen-bond donors (Lipinski definition) is 2. The first-order valence-corrected chi connectivity index (χ1v) is 6.82. The van der Waals surface area contributed by atoms with Crippen LogP contribution in [-0.4, -0.2) is 21.0 Å². The van der Waals surface area contributed by atoms with Crippen LogP contribution < -0.4 is 5.32 Å². The number of anilines is 2. The van der Waals surface area contributed by atoms with E-state index in [1.165, 1.54) is 17.7 Å². The van der Waals surface area contributed by atoms with Crippen LogP contribution >= 0.6 is 11.3 Å². The number of nitrogens with zero attached hydrogens (tertiary/aromatic N) is 2. The number of aromatic carboxylic acids is 1. The van der Waals surface area contributed by atoms with Crippen molar-refractivity contribution in [2.24, 2.45) is 0 Å². The molecule has 0 bridgehead atoms. The van der Waals surface area contributed by atoms with E-state index in [1.54, 1.807) is 19.1 Å². The predicted molar refractivity (Wildman–Crippen MR) is 78.8 cm³/mol. The molecule has 0 fully saturated rings. The molecule has 2 N–H and O–H groups in total. The smallest absolute Gasteiger partial charge is 0.336 e. The van der Waals surface area contributed by atoms with E-state index in [2.05, 4.69) is 15.3 Å². The van der Waals surface area contributed by atoms with E-state index >= 15 is 0 Å². The highest BCUT2D eigenvalue weighted by atomic mass is 32.1. The minimum absolute atomic E-state index is 0.283. The molecule has 0 saturated heterocycles. The molecule has 3 rings (SSSR count). The molecule has 0 aliphatic heterocycles. The maximum atomic E-state index is 11.1. The second kappa shape index (κ2) is 4.90. The lowest BCUT2D eigenvalue weighted by Crippen LogP contribution is -2.02. The van der Waals surface area contributed by atoms with E-state index in [0.29, 0.717) is 11.5 Å². The lowest BCUT2D eigenvalue weighted by Gasteiger charge is -2.08. The largest absolute Gasteiger partial charge is 0.478 e. The Balaban J connectivity index is 2.01. The van der Waals surface area contributed by atoms with E-state index in [9.17, 15) is 4.79 Å². The van der Waals surface area contributed by atoms with Gasteiger partial charge in [-0.25, -0.2) is 14.8 Å². The van der Waals surface area contributed by atoms with Gasteiger partial charge >= 0.3 is 5.97 Å². The van der Waals surface area contributed by atoms with Crippen molar-refractivity contribution >= 4 is 39.0 Å². The second-order valence-electron chi connectivity index (χ2n) is 4.32. The number of aromatic nitrogens is 2. The summed E-state index contributed by atoms with van der Waals surface area (Å²) in [5.41, 5.74) is 1.70. The van der Waals surface area contributed by atoms with Gasteiger partial charge in [0.1, 0.15) is 17.0 Å². The molecule has 20 heavy (non-hydrogen) atoms. The number of nitrogens with one attached hydrogen (secondary N) is 1. The normalized spacial score (nSPS) is 10.7. The molecule has 2 heterocycles. The highest BCUT2D eigenvalue weighted by Crippen LogP contribution is 2.27. The van der Waals surface area contributed by atoms with Crippen LogP contribution in [0.5, 0.6) is 0 Å². The number of hydrogen-bond acceptors (Lipinski definition) is 5. The van der Waals surface area contributed by atoms with Crippen LogP contribution in [-0.2, 0) is 0 Å². The van der Waals surface area contributed by atoms with Crippen molar-refractivity contribution in [3.8, 4) is 0 Å². The molecule has 0 unspecified atom stereocenters. The Morgan fingerprint density at radius 2 is 2.15 bits per heavy atom. The lowest BCUT2D eigenvalue weighted by molar-refractivity contribution is 0.0696. The second-order valence-corrected chi connectivity index (χ2v) is 5.22. The molecule has 0 atom stereocenters. The highest BCUT2D eigenvalue weighted by molar-refractivity contribution is 7.16. The number of benzene rings is 1. The Morgan fingerprint density at radius 1 is 1.30 bits per heavy atom. The molecule has 0 saturated carbocycles. The monoisotopic (exact) mass is 285 g/mol. The van der Waals surface area contributed by atoms with E-state index in [-0.39, 0.29) is 5.56 Å². The van der Waals surface area contributed by atoms with Crippen molar-refractivity contribution in [2.45, 2.75) is 6.92 Å². The van der Waals surface area contributed by atoms with Crippen LogP contribution in [0.25, 0.3) is 10.2 Å². The maximum absolute atomic E-state index is 11.1. The van der Waals surface area contributed by atoms with E-state index in [1.807, 2.05) is 17.5 Å². The number of fused-ring (bicyclic) bond motifs is 1. The standard InChI is InChI=1S/C14H11N3O2S/c1-8-2-3-9(6-11(8)14(18)19)17-12-10-4-5-20-13(10)16-7-15-12/h2-7H,1H3,(H,18,19)(H,15,16,17). The summed E-state index contributed by atoms with van der Waals surface area (Å²) in [5.74, 6) is -0.258. The van der Waals surface area contributed by atoms with Gasteiger partial charge in [-0.3, -0.25) is 0 Å². The fourth-order valence-electron chi connectivity index (χ4n) is 1.96. The van der Waals surface area contributed by atoms with Crippen molar-refractivity contribution < 1.29 is 9.90 Å². The van der Waals surface area contributed by atoms with Crippen LogP contribution in [0.1, 0.15) is 15.9 Å². The zero-order valence-electron chi connectivity index (χ0n) is 10.6. The average Bonchev–Trinajstić information content (AvgIpc) is 2.90. The molecular formula is C14H11N3O2S. The maximum Gasteiger partial charge on any atom is 0.336 e. The van der Waals surface area contributed by atoms with Crippen molar-refractivity contribution in [1.29, 1.82) is 0 Å². The van der Waals surface area contributed by atoms with Crippen molar-refractivity contribution in [2.75, 3.05) is 5.32 Å². The first-order valence-electron chi connectivity index (χ1n) is 5.94. The molecular weight excluding hydrogens is 274 g/mol. The van der Waals surface area contributed by atoms with Gasteiger partial charge in [-0.2, -0.15) is 0 Å². The van der Waals surface area contributed by atoms with E-state index in [0.717, 1.165) is 15.8 Å². The SMILES string of the molecule is Cc1ccc(Nc2ncnc3sccc23)cc1C(=O)O. The summed E-state index contributed by atoms with van der Waals surface area (Å²) in [6, 6.07) is 7.16. The molecule has 0 radical (unpaired) electrons. The van der Waals surface area contributed by atoms with Crippen LogP contribution in [0.4, 0.5) is 11.5 Å². The molecule has 0 spiro atoms. The van der Waals surface area contributed by atoms with Crippen molar-refractivity contribution in [1.82, 2.24) is 9.97 Å². The summed E-state index contributed by atoms with van der Waals surface area (Å²) < 4.78 is 0. The Kier molecular flexibility index (Phi) is 3.08. The van der Waals surface area contributed by atoms with Crippen molar-refractivity contribution in [3.63, 3.8) is 0 Å². The van der Waals surface area contributed by atoms with Gasteiger partial charge in [0.25, 0.3) is 0 Å². The van der Waals surface area contributed by atoms with Crippen LogP contribution in [0.3, 0.4) is 0 Å².